The number of aromatic nitrogens is 2. The van der Waals surface area contributed by atoms with Crippen LogP contribution in [0, 0.1) is 0 Å². The molecule has 1 aromatic heterocycles. The Morgan fingerprint density at radius 1 is 1.27 bits per heavy atom. The van der Waals surface area contributed by atoms with Crippen molar-refractivity contribution < 1.29 is 4.79 Å². The van der Waals surface area contributed by atoms with Crippen LogP contribution in [0.25, 0.3) is 10.9 Å². The van der Waals surface area contributed by atoms with Gasteiger partial charge in [-0.1, -0.05) is 36.7 Å². The van der Waals surface area contributed by atoms with Crippen molar-refractivity contribution in [2.45, 2.75) is 75.4 Å². The van der Waals surface area contributed by atoms with Crippen molar-refractivity contribution in [3.8, 4) is 0 Å². The molecule has 1 heterocycles. The maximum atomic E-state index is 13.1. The number of benzene rings is 1. The SMILES string of the molecule is CC(Sc1nc2ccccc2c(=O)n1C1CCCC1)C(=O)NC(C)(C)C. The second kappa shape index (κ2) is 7.43. The number of rotatable bonds is 4. The fraction of sp³-hybridized carbons (Fsp3) is 0.550. The second-order valence-electron chi connectivity index (χ2n) is 8.02. The zero-order chi connectivity index (χ0) is 18.9. The lowest BCUT2D eigenvalue weighted by atomic mass is 10.1. The smallest absolute Gasteiger partial charge is 0.262 e. The highest BCUT2D eigenvalue weighted by molar-refractivity contribution is 8.00. The third kappa shape index (κ3) is 4.11. The minimum absolute atomic E-state index is 0.00781. The highest BCUT2D eigenvalue weighted by Crippen LogP contribution is 2.33. The van der Waals surface area contributed by atoms with E-state index in [-0.39, 0.29) is 28.3 Å². The number of thioether (sulfide) groups is 1. The van der Waals surface area contributed by atoms with E-state index in [1.165, 1.54) is 11.8 Å². The lowest BCUT2D eigenvalue weighted by Gasteiger charge is -2.24. The van der Waals surface area contributed by atoms with Crippen LogP contribution in [0.1, 0.15) is 59.4 Å². The predicted molar refractivity (Wildman–Crippen MR) is 107 cm³/mol. The summed E-state index contributed by atoms with van der Waals surface area (Å²) in [5.41, 5.74) is 0.416. The summed E-state index contributed by atoms with van der Waals surface area (Å²) < 4.78 is 1.83. The first kappa shape index (κ1) is 19.0. The summed E-state index contributed by atoms with van der Waals surface area (Å²) in [5, 5.41) is 3.98. The van der Waals surface area contributed by atoms with E-state index >= 15 is 0 Å². The van der Waals surface area contributed by atoms with Crippen molar-refractivity contribution in [1.82, 2.24) is 14.9 Å². The number of hydrogen-bond donors (Lipinski definition) is 1. The van der Waals surface area contributed by atoms with Gasteiger partial charge in [-0.3, -0.25) is 14.2 Å². The predicted octanol–water partition coefficient (Wildman–Crippen LogP) is 3.91. The van der Waals surface area contributed by atoms with E-state index in [0.29, 0.717) is 16.1 Å². The van der Waals surface area contributed by atoms with Gasteiger partial charge in [-0.15, -0.1) is 0 Å². The fourth-order valence-corrected chi connectivity index (χ4v) is 4.35. The van der Waals surface area contributed by atoms with Gasteiger partial charge in [0, 0.05) is 11.6 Å². The molecule has 0 bridgehead atoms. The molecular weight excluding hydrogens is 346 g/mol. The fourth-order valence-electron chi connectivity index (χ4n) is 3.38. The Hall–Kier alpha value is -1.82. The Morgan fingerprint density at radius 3 is 2.58 bits per heavy atom. The van der Waals surface area contributed by atoms with Crippen molar-refractivity contribution >= 4 is 28.6 Å². The van der Waals surface area contributed by atoms with Crippen LogP contribution in [-0.4, -0.2) is 26.2 Å². The number of nitrogens with zero attached hydrogens (tertiary/aromatic N) is 2. The van der Waals surface area contributed by atoms with E-state index in [9.17, 15) is 9.59 Å². The van der Waals surface area contributed by atoms with E-state index < -0.39 is 0 Å². The van der Waals surface area contributed by atoms with Crippen LogP contribution in [0.2, 0.25) is 0 Å². The molecule has 26 heavy (non-hydrogen) atoms. The lowest BCUT2D eigenvalue weighted by molar-refractivity contribution is -0.121. The average Bonchev–Trinajstić information content (AvgIpc) is 3.07. The third-order valence-electron chi connectivity index (χ3n) is 4.61. The quantitative estimate of drug-likeness (QED) is 0.652. The van der Waals surface area contributed by atoms with Crippen LogP contribution in [0.4, 0.5) is 0 Å². The molecule has 3 rings (SSSR count). The van der Waals surface area contributed by atoms with E-state index in [0.717, 1.165) is 25.7 Å². The molecule has 1 aliphatic carbocycles. The van der Waals surface area contributed by atoms with E-state index in [4.69, 9.17) is 4.98 Å². The number of para-hydroxylation sites is 1. The molecule has 1 atom stereocenters. The van der Waals surface area contributed by atoms with Crippen molar-refractivity contribution in [2.24, 2.45) is 0 Å². The Balaban J connectivity index is 1.99. The highest BCUT2D eigenvalue weighted by Gasteiger charge is 2.26. The molecule has 0 aliphatic heterocycles. The van der Waals surface area contributed by atoms with Gasteiger partial charge in [0.05, 0.1) is 16.2 Å². The van der Waals surface area contributed by atoms with Gasteiger partial charge < -0.3 is 5.32 Å². The Bertz CT molecular complexity index is 863. The van der Waals surface area contributed by atoms with Crippen LogP contribution >= 0.6 is 11.8 Å². The minimum Gasteiger partial charge on any atom is -0.351 e. The number of carbonyl (C=O) groups is 1. The number of hydrogen-bond acceptors (Lipinski definition) is 4. The van der Waals surface area contributed by atoms with Crippen LogP contribution < -0.4 is 10.9 Å². The second-order valence-corrected chi connectivity index (χ2v) is 9.33. The summed E-state index contributed by atoms with van der Waals surface area (Å²) in [6.07, 6.45) is 4.26. The van der Waals surface area contributed by atoms with Gasteiger partial charge >= 0.3 is 0 Å². The first-order valence-electron chi connectivity index (χ1n) is 9.26. The van der Waals surface area contributed by atoms with Crippen LogP contribution in [0.3, 0.4) is 0 Å². The Labute approximate surface area is 158 Å². The van der Waals surface area contributed by atoms with Crippen molar-refractivity contribution in [2.75, 3.05) is 0 Å². The van der Waals surface area contributed by atoms with Crippen molar-refractivity contribution in [3.63, 3.8) is 0 Å². The molecule has 1 aliphatic rings. The van der Waals surface area contributed by atoms with Crippen molar-refractivity contribution in [3.05, 3.63) is 34.6 Å². The number of nitrogens with one attached hydrogen (secondary N) is 1. The van der Waals surface area contributed by atoms with Gasteiger partial charge in [0.2, 0.25) is 5.91 Å². The molecule has 1 amide bonds. The normalized spacial score (nSPS) is 16.8. The molecule has 6 heteroatoms. The van der Waals surface area contributed by atoms with Crippen LogP contribution in [0.15, 0.2) is 34.2 Å². The van der Waals surface area contributed by atoms with E-state index in [1.54, 1.807) is 0 Å². The van der Waals surface area contributed by atoms with Gasteiger partial charge in [0.15, 0.2) is 5.16 Å². The van der Waals surface area contributed by atoms with E-state index in [1.807, 2.05) is 56.5 Å². The lowest BCUT2D eigenvalue weighted by Crippen LogP contribution is -2.44. The Kier molecular flexibility index (Phi) is 5.42. The average molecular weight is 374 g/mol. The van der Waals surface area contributed by atoms with Gasteiger partial charge in [-0.2, -0.15) is 0 Å². The first-order chi connectivity index (χ1) is 12.3. The molecule has 0 spiro atoms. The monoisotopic (exact) mass is 373 g/mol. The summed E-state index contributed by atoms with van der Waals surface area (Å²) in [5.74, 6) is -0.0390. The van der Waals surface area contributed by atoms with Gasteiger partial charge in [-0.05, 0) is 52.7 Å². The summed E-state index contributed by atoms with van der Waals surface area (Å²) in [6, 6.07) is 7.63. The molecule has 0 saturated heterocycles. The van der Waals surface area contributed by atoms with Crippen LogP contribution in [-0.2, 0) is 4.79 Å². The number of fused-ring (bicyclic) bond motifs is 1. The molecular formula is C20H27N3O2S. The van der Waals surface area contributed by atoms with Gasteiger partial charge in [0.25, 0.3) is 5.56 Å². The van der Waals surface area contributed by atoms with Gasteiger partial charge in [-0.25, -0.2) is 4.98 Å². The summed E-state index contributed by atoms with van der Waals surface area (Å²) in [6.45, 7) is 7.76. The van der Waals surface area contributed by atoms with Gasteiger partial charge in [0.1, 0.15) is 0 Å². The zero-order valence-electron chi connectivity index (χ0n) is 15.9. The number of amides is 1. The van der Waals surface area contributed by atoms with Crippen molar-refractivity contribution in [1.29, 1.82) is 0 Å². The molecule has 1 N–H and O–H groups in total. The third-order valence-corrected chi connectivity index (χ3v) is 5.68. The first-order valence-corrected chi connectivity index (χ1v) is 10.1. The largest absolute Gasteiger partial charge is 0.351 e. The number of carbonyl (C=O) groups excluding carboxylic acids is 1. The topological polar surface area (TPSA) is 64.0 Å². The van der Waals surface area contributed by atoms with Crippen LogP contribution in [0.5, 0.6) is 0 Å². The molecule has 1 fully saturated rings. The zero-order valence-corrected chi connectivity index (χ0v) is 16.7. The minimum atomic E-state index is -0.324. The molecule has 0 radical (unpaired) electrons. The molecule has 1 aromatic carbocycles. The maximum Gasteiger partial charge on any atom is 0.262 e. The summed E-state index contributed by atoms with van der Waals surface area (Å²) in [4.78, 5) is 30.4. The molecule has 1 saturated carbocycles. The molecule has 140 valence electrons. The van der Waals surface area contributed by atoms with E-state index in [2.05, 4.69) is 5.32 Å². The highest BCUT2D eigenvalue weighted by atomic mass is 32.2. The summed E-state index contributed by atoms with van der Waals surface area (Å²) in [7, 11) is 0. The molecule has 5 nitrogen and oxygen atoms in total. The molecule has 2 aromatic rings. The Morgan fingerprint density at radius 2 is 1.92 bits per heavy atom. The maximum absolute atomic E-state index is 13.1. The summed E-state index contributed by atoms with van der Waals surface area (Å²) >= 11 is 1.37. The molecule has 1 unspecified atom stereocenters. The standard InChI is InChI=1S/C20H27N3O2S/c1-13(17(24)22-20(2,3)4)26-19-21-16-12-8-7-11-15(16)18(25)23(19)14-9-5-6-10-14/h7-8,11-14H,5-6,9-10H2,1-4H3,(H,22,24).